The third-order valence-electron chi connectivity index (χ3n) is 5.86. The Morgan fingerprint density at radius 2 is 1.00 bits per heavy atom. The number of aliphatic hydroxyl groups excluding tert-OH is 4. The largest absolute Gasteiger partial charge is 0.396 e. The van der Waals surface area contributed by atoms with Gasteiger partial charge in [0, 0.05) is 52.9 Å². The highest BCUT2D eigenvalue weighted by Gasteiger charge is 2.23. The fourth-order valence-electron chi connectivity index (χ4n) is 3.49. The van der Waals surface area contributed by atoms with E-state index in [0.717, 1.165) is 32.1 Å². The first-order valence-corrected chi connectivity index (χ1v) is 14.0. The van der Waals surface area contributed by atoms with Gasteiger partial charge in [0.1, 0.15) is 12.2 Å². The molecule has 3 atom stereocenters. The van der Waals surface area contributed by atoms with Gasteiger partial charge in [-0.25, -0.2) is 0 Å². The first kappa shape index (κ1) is 37.7. The van der Waals surface area contributed by atoms with Crippen LogP contribution in [0.5, 0.6) is 0 Å². The van der Waals surface area contributed by atoms with E-state index in [2.05, 4.69) is 13.8 Å². The lowest BCUT2D eigenvalue weighted by molar-refractivity contribution is -0.0610. The van der Waals surface area contributed by atoms with Gasteiger partial charge in [-0.3, -0.25) is 0 Å². The summed E-state index contributed by atoms with van der Waals surface area (Å²) in [5, 5.41) is 37.0. The van der Waals surface area contributed by atoms with Gasteiger partial charge in [0.25, 0.3) is 0 Å². The fourth-order valence-corrected chi connectivity index (χ4v) is 3.49. The second-order valence-electron chi connectivity index (χ2n) is 10.4. The molecule has 0 saturated carbocycles. The molecule has 4 N–H and O–H groups in total. The van der Waals surface area contributed by atoms with Crippen LogP contribution in [0.4, 0.5) is 0 Å². The minimum absolute atomic E-state index is 0.0783. The van der Waals surface area contributed by atoms with Gasteiger partial charge in [0.05, 0.1) is 45.5 Å². The number of rotatable bonds is 29. The third-order valence-corrected chi connectivity index (χ3v) is 5.86. The third kappa shape index (κ3) is 23.5. The molecule has 11 heteroatoms. The van der Waals surface area contributed by atoms with E-state index in [4.69, 9.17) is 46.5 Å². The van der Waals surface area contributed by atoms with E-state index >= 15 is 0 Å². The highest BCUT2D eigenvalue weighted by atomic mass is 16.5. The minimum atomic E-state index is -0.676. The molecule has 38 heavy (non-hydrogen) atoms. The predicted molar refractivity (Wildman–Crippen MR) is 147 cm³/mol. The number of hydrogen-bond acceptors (Lipinski definition) is 10. The number of aliphatic hydroxyl groups is 4. The second kappa shape index (κ2) is 24.5. The summed E-state index contributed by atoms with van der Waals surface area (Å²) in [5.74, 6) is 0. The Morgan fingerprint density at radius 1 is 0.579 bits per heavy atom. The molecule has 0 bridgehead atoms. The predicted octanol–water partition coefficient (Wildman–Crippen LogP) is 1.65. The summed E-state index contributed by atoms with van der Waals surface area (Å²) in [7, 11) is 5.97. The SMILES string of the molecule is [B]CC(C)(CCCOCC(O)COCCCO)OCCCC(C)(C)OCCCOCC(O)COCCCO. The Hall–Kier alpha value is -0.335. The zero-order valence-corrected chi connectivity index (χ0v) is 24.1. The summed E-state index contributed by atoms with van der Waals surface area (Å²) in [6, 6.07) is 0. The van der Waals surface area contributed by atoms with E-state index in [1.54, 1.807) is 0 Å². The van der Waals surface area contributed by atoms with Crippen LogP contribution in [0.2, 0.25) is 6.32 Å². The second-order valence-corrected chi connectivity index (χ2v) is 10.4. The number of ether oxygens (including phenoxy) is 6. The van der Waals surface area contributed by atoms with Crippen molar-refractivity contribution < 1.29 is 48.8 Å². The smallest absolute Gasteiger partial charge is 0.101 e. The Balaban J connectivity index is 3.84. The first-order chi connectivity index (χ1) is 18.2. The van der Waals surface area contributed by atoms with Crippen LogP contribution in [0.1, 0.15) is 65.7 Å². The Labute approximate surface area is 231 Å². The number of hydrogen-bond donors (Lipinski definition) is 4. The van der Waals surface area contributed by atoms with Gasteiger partial charge >= 0.3 is 0 Å². The maximum absolute atomic E-state index is 9.82. The van der Waals surface area contributed by atoms with Gasteiger partial charge in [-0.15, -0.1) is 0 Å². The Kier molecular flexibility index (Phi) is 24.2. The molecular weight excluding hydrogens is 495 g/mol. The summed E-state index contributed by atoms with van der Waals surface area (Å²) < 4.78 is 33.6. The maximum Gasteiger partial charge on any atom is 0.101 e. The molecule has 0 aromatic carbocycles. The molecule has 0 rings (SSSR count). The molecular formula is C27H55BO10. The summed E-state index contributed by atoms with van der Waals surface area (Å²) in [6.07, 6.45) is 4.16. The monoisotopic (exact) mass is 550 g/mol. The molecule has 10 nitrogen and oxygen atoms in total. The minimum Gasteiger partial charge on any atom is -0.396 e. The standard InChI is InChI=1S/C27H55BO10/c1-26(2,37-18-8-16-36-22-25(32)21-35-15-7-12-30)9-4-17-38-27(3,23-28)10-5-13-33-19-24(31)20-34-14-6-11-29/h24-25,29-32H,4-23H2,1-3H3. The molecule has 226 valence electrons. The lowest BCUT2D eigenvalue weighted by atomic mass is 9.85. The first-order valence-electron chi connectivity index (χ1n) is 14.0. The molecule has 3 unspecified atom stereocenters. The summed E-state index contributed by atoms with van der Waals surface area (Å²) >= 11 is 0. The highest BCUT2D eigenvalue weighted by molar-refractivity contribution is 6.09. The lowest BCUT2D eigenvalue weighted by Gasteiger charge is -2.31. The van der Waals surface area contributed by atoms with Crippen LogP contribution >= 0.6 is 0 Å². The average molecular weight is 551 g/mol. The lowest BCUT2D eigenvalue weighted by Crippen LogP contribution is -2.31. The van der Waals surface area contributed by atoms with Crippen LogP contribution in [-0.4, -0.2) is 131 Å². The highest BCUT2D eigenvalue weighted by Crippen LogP contribution is 2.23. The van der Waals surface area contributed by atoms with Crippen LogP contribution in [-0.2, 0) is 28.4 Å². The van der Waals surface area contributed by atoms with Crippen LogP contribution in [0, 0.1) is 0 Å². The molecule has 0 aliphatic heterocycles. The average Bonchev–Trinajstić information content (AvgIpc) is 2.89. The summed E-state index contributed by atoms with van der Waals surface area (Å²) in [4.78, 5) is 0. The molecule has 2 radical (unpaired) electrons. The van der Waals surface area contributed by atoms with Crippen LogP contribution in [0.15, 0.2) is 0 Å². The van der Waals surface area contributed by atoms with Crippen molar-refractivity contribution in [2.24, 2.45) is 0 Å². The van der Waals surface area contributed by atoms with Gasteiger partial charge < -0.3 is 48.8 Å². The summed E-state index contributed by atoms with van der Waals surface area (Å²) in [6.45, 7) is 10.2. The van der Waals surface area contributed by atoms with E-state index in [-0.39, 0.29) is 45.2 Å². The fraction of sp³-hybridized carbons (Fsp3) is 1.00. The molecule has 0 aliphatic carbocycles. The quantitative estimate of drug-likeness (QED) is 0.0804. The van der Waals surface area contributed by atoms with E-state index in [9.17, 15) is 10.2 Å². The van der Waals surface area contributed by atoms with Crippen LogP contribution in [0.25, 0.3) is 0 Å². The Bertz CT molecular complexity index is 514. The maximum atomic E-state index is 9.82. The molecule has 0 amide bonds. The van der Waals surface area contributed by atoms with Gasteiger partial charge in [-0.1, -0.05) is 6.32 Å². The van der Waals surface area contributed by atoms with Crippen molar-refractivity contribution >= 4 is 7.85 Å². The van der Waals surface area contributed by atoms with E-state index in [0.29, 0.717) is 58.8 Å². The van der Waals surface area contributed by atoms with Crippen molar-refractivity contribution in [1.29, 1.82) is 0 Å². The van der Waals surface area contributed by atoms with Gasteiger partial charge in [0.15, 0.2) is 0 Å². The van der Waals surface area contributed by atoms with E-state index < -0.39 is 17.8 Å². The van der Waals surface area contributed by atoms with Gasteiger partial charge in [-0.05, 0) is 65.7 Å². The molecule has 0 spiro atoms. The normalized spacial score (nSPS) is 15.4. The van der Waals surface area contributed by atoms with Gasteiger partial charge in [0.2, 0.25) is 0 Å². The topological polar surface area (TPSA) is 136 Å². The zero-order chi connectivity index (χ0) is 28.5. The van der Waals surface area contributed by atoms with Crippen LogP contribution < -0.4 is 0 Å². The van der Waals surface area contributed by atoms with E-state index in [1.807, 2.05) is 6.92 Å². The van der Waals surface area contributed by atoms with E-state index in [1.165, 1.54) is 0 Å². The molecule has 0 heterocycles. The van der Waals surface area contributed by atoms with Crippen LogP contribution in [0.3, 0.4) is 0 Å². The van der Waals surface area contributed by atoms with Crippen molar-refractivity contribution in [2.45, 2.75) is 95.4 Å². The molecule has 0 aliphatic rings. The van der Waals surface area contributed by atoms with Crippen molar-refractivity contribution in [2.75, 3.05) is 79.3 Å². The Morgan fingerprint density at radius 3 is 1.47 bits per heavy atom. The summed E-state index contributed by atoms with van der Waals surface area (Å²) in [5.41, 5.74) is -0.703. The van der Waals surface area contributed by atoms with Crippen molar-refractivity contribution in [3.8, 4) is 0 Å². The van der Waals surface area contributed by atoms with Crippen molar-refractivity contribution in [3.05, 3.63) is 0 Å². The van der Waals surface area contributed by atoms with Crippen molar-refractivity contribution in [1.82, 2.24) is 0 Å². The molecule has 0 aromatic heterocycles. The van der Waals surface area contributed by atoms with Gasteiger partial charge in [-0.2, -0.15) is 0 Å². The molecule has 0 aromatic rings. The van der Waals surface area contributed by atoms with Crippen molar-refractivity contribution in [3.63, 3.8) is 0 Å². The zero-order valence-electron chi connectivity index (χ0n) is 24.1. The molecule has 0 fully saturated rings. The molecule has 0 saturated heterocycles.